The number of hydrogen-bond donors (Lipinski definition) is 2. The molecule has 3 nitrogen and oxygen atoms in total. The summed E-state index contributed by atoms with van der Waals surface area (Å²) in [4.78, 5) is 4.25. The Balaban J connectivity index is 1.88. The van der Waals surface area contributed by atoms with Crippen LogP contribution in [0.4, 0.5) is 5.69 Å². The third-order valence-corrected chi connectivity index (χ3v) is 3.57. The molecule has 1 aliphatic rings. The van der Waals surface area contributed by atoms with E-state index in [2.05, 4.69) is 10.3 Å². The van der Waals surface area contributed by atoms with E-state index in [4.69, 9.17) is 5.73 Å². The van der Waals surface area contributed by atoms with Crippen LogP contribution in [0.5, 0.6) is 0 Å². The third kappa shape index (κ3) is 2.39. The van der Waals surface area contributed by atoms with Gasteiger partial charge >= 0.3 is 0 Å². The highest BCUT2D eigenvalue weighted by atomic mass is 32.2. The number of nitrogen functional groups attached to an aromatic ring is 1. The average molecular weight is 209 g/mol. The first-order valence-corrected chi connectivity index (χ1v) is 5.91. The van der Waals surface area contributed by atoms with Gasteiger partial charge < -0.3 is 11.1 Å². The minimum atomic E-state index is 0.640. The molecule has 14 heavy (non-hydrogen) atoms. The van der Waals surface area contributed by atoms with Gasteiger partial charge in [0.05, 0.1) is 5.69 Å². The second kappa shape index (κ2) is 4.66. The smallest absolute Gasteiger partial charge is 0.119 e. The second-order valence-electron chi connectivity index (χ2n) is 3.50. The molecule has 1 fully saturated rings. The Bertz CT molecular complexity index is 297. The number of nitrogens with two attached hydrogens (primary N) is 1. The van der Waals surface area contributed by atoms with Crippen LogP contribution in [-0.4, -0.2) is 23.3 Å². The lowest BCUT2D eigenvalue weighted by Crippen LogP contribution is -2.23. The summed E-state index contributed by atoms with van der Waals surface area (Å²) in [7, 11) is 0. The molecule has 0 bridgehead atoms. The molecule has 3 N–H and O–H groups in total. The zero-order valence-electron chi connectivity index (χ0n) is 8.07. The van der Waals surface area contributed by atoms with Gasteiger partial charge in [0.1, 0.15) is 5.03 Å². The van der Waals surface area contributed by atoms with E-state index >= 15 is 0 Å². The van der Waals surface area contributed by atoms with Crippen LogP contribution in [0.1, 0.15) is 12.8 Å². The zero-order chi connectivity index (χ0) is 9.80. The molecule has 1 atom stereocenters. The first-order valence-electron chi connectivity index (χ1n) is 4.93. The van der Waals surface area contributed by atoms with E-state index in [-0.39, 0.29) is 0 Å². The normalized spacial score (nSPS) is 21.3. The minimum Gasteiger partial charge on any atom is -0.397 e. The van der Waals surface area contributed by atoms with E-state index in [9.17, 15) is 0 Å². The first kappa shape index (κ1) is 9.80. The third-order valence-electron chi connectivity index (χ3n) is 2.38. The van der Waals surface area contributed by atoms with Crippen molar-refractivity contribution in [1.29, 1.82) is 0 Å². The molecule has 0 radical (unpaired) electrons. The molecule has 0 aliphatic carbocycles. The van der Waals surface area contributed by atoms with E-state index in [1.54, 1.807) is 18.0 Å². The highest BCUT2D eigenvalue weighted by Crippen LogP contribution is 2.23. The molecule has 1 aromatic rings. The summed E-state index contributed by atoms with van der Waals surface area (Å²) in [5.41, 5.74) is 6.59. The van der Waals surface area contributed by atoms with E-state index < -0.39 is 0 Å². The standard InChI is InChI=1S/C10H15N3S/c11-9-4-2-6-13-10(9)14-7-8-3-1-5-12-8/h2,4,6,8,12H,1,3,5,7,11H2/t8-/m0/s1. The zero-order valence-corrected chi connectivity index (χ0v) is 8.89. The topological polar surface area (TPSA) is 50.9 Å². The monoisotopic (exact) mass is 209 g/mol. The highest BCUT2D eigenvalue weighted by molar-refractivity contribution is 7.99. The Morgan fingerprint density at radius 2 is 2.57 bits per heavy atom. The molecule has 0 unspecified atom stereocenters. The lowest BCUT2D eigenvalue weighted by atomic mass is 10.3. The van der Waals surface area contributed by atoms with Gasteiger partial charge in [-0.25, -0.2) is 4.98 Å². The average Bonchev–Trinajstić information content (AvgIpc) is 2.69. The largest absolute Gasteiger partial charge is 0.397 e. The summed E-state index contributed by atoms with van der Waals surface area (Å²) in [6, 6.07) is 4.41. The molecule has 2 rings (SSSR count). The number of nitrogens with zero attached hydrogens (tertiary/aromatic N) is 1. The summed E-state index contributed by atoms with van der Waals surface area (Å²) in [5, 5.41) is 4.42. The van der Waals surface area contributed by atoms with Crippen molar-refractivity contribution in [3.8, 4) is 0 Å². The van der Waals surface area contributed by atoms with Crippen molar-refractivity contribution in [2.45, 2.75) is 23.9 Å². The molecule has 2 heterocycles. The summed E-state index contributed by atoms with van der Waals surface area (Å²) >= 11 is 1.75. The Labute approximate surface area is 88.5 Å². The van der Waals surface area contributed by atoms with Crippen molar-refractivity contribution in [1.82, 2.24) is 10.3 Å². The van der Waals surface area contributed by atoms with Crippen LogP contribution in [0.15, 0.2) is 23.4 Å². The van der Waals surface area contributed by atoms with Crippen molar-refractivity contribution in [3.63, 3.8) is 0 Å². The van der Waals surface area contributed by atoms with Crippen LogP contribution < -0.4 is 11.1 Å². The number of pyridine rings is 1. The van der Waals surface area contributed by atoms with Crippen LogP contribution >= 0.6 is 11.8 Å². The molecular formula is C10H15N3S. The Kier molecular flexibility index (Phi) is 3.26. The lowest BCUT2D eigenvalue weighted by molar-refractivity contribution is 0.673. The molecule has 1 aromatic heterocycles. The van der Waals surface area contributed by atoms with Crippen LogP contribution in [0, 0.1) is 0 Å². The Morgan fingerprint density at radius 1 is 1.64 bits per heavy atom. The van der Waals surface area contributed by atoms with Gasteiger partial charge in [0.25, 0.3) is 0 Å². The van der Waals surface area contributed by atoms with Crippen molar-refractivity contribution in [3.05, 3.63) is 18.3 Å². The number of thioether (sulfide) groups is 1. The number of anilines is 1. The van der Waals surface area contributed by atoms with E-state index in [1.165, 1.54) is 12.8 Å². The highest BCUT2D eigenvalue weighted by Gasteiger charge is 2.14. The first-order chi connectivity index (χ1) is 6.86. The number of hydrogen-bond acceptors (Lipinski definition) is 4. The predicted molar refractivity (Wildman–Crippen MR) is 60.4 cm³/mol. The van der Waals surface area contributed by atoms with Gasteiger partial charge in [-0.1, -0.05) is 0 Å². The fourth-order valence-electron chi connectivity index (χ4n) is 1.60. The van der Waals surface area contributed by atoms with Crippen molar-refractivity contribution >= 4 is 17.4 Å². The quantitative estimate of drug-likeness (QED) is 0.741. The summed E-state index contributed by atoms with van der Waals surface area (Å²) in [6.07, 6.45) is 4.36. The molecular weight excluding hydrogens is 194 g/mol. The summed E-state index contributed by atoms with van der Waals surface area (Å²) < 4.78 is 0. The second-order valence-corrected chi connectivity index (χ2v) is 4.51. The maximum absolute atomic E-state index is 5.80. The fourth-order valence-corrected chi connectivity index (χ4v) is 2.62. The molecule has 0 aromatic carbocycles. The van der Waals surface area contributed by atoms with Crippen LogP contribution in [-0.2, 0) is 0 Å². The molecule has 76 valence electrons. The number of nitrogens with one attached hydrogen (secondary N) is 1. The van der Waals surface area contributed by atoms with E-state index in [0.29, 0.717) is 6.04 Å². The summed E-state index contributed by atoms with van der Waals surface area (Å²) in [5.74, 6) is 1.07. The van der Waals surface area contributed by atoms with Gasteiger partial charge in [0.2, 0.25) is 0 Å². The van der Waals surface area contributed by atoms with Gasteiger partial charge in [-0.05, 0) is 31.5 Å². The maximum atomic E-state index is 5.80. The minimum absolute atomic E-state index is 0.640. The molecule has 0 saturated carbocycles. The molecule has 1 aliphatic heterocycles. The molecule has 4 heteroatoms. The SMILES string of the molecule is Nc1cccnc1SC[C@@H]1CCCN1. The predicted octanol–water partition coefficient (Wildman–Crippen LogP) is 1.51. The summed E-state index contributed by atoms with van der Waals surface area (Å²) in [6.45, 7) is 1.16. The number of rotatable bonds is 3. The van der Waals surface area contributed by atoms with Gasteiger partial charge in [-0.15, -0.1) is 11.8 Å². The van der Waals surface area contributed by atoms with Gasteiger partial charge in [-0.2, -0.15) is 0 Å². The molecule has 0 spiro atoms. The van der Waals surface area contributed by atoms with Crippen LogP contribution in [0.2, 0.25) is 0 Å². The fraction of sp³-hybridized carbons (Fsp3) is 0.500. The van der Waals surface area contributed by atoms with E-state index in [1.807, 2.05) is 12.1 Å². The lowest BCUT2D eigenvalue weighted by Gasteiger charge is -2.09. The number of aromatic nitrogens is 1. The molecule has 0 amide bonds. The van der Waals surface area contributed by atoms with Crippen LogP contribution in [0.25, 0.3) is 0 Å². The maximum Gasteiger partial charge on any atom is 0.119 e. The van der Waals surface area contributed by atoms with Crippen molar-refractivity contribution in [2.75, 3.05) is 18.0 Å². The van der Waals surface area contributed by atoms with Gasteiger partial charge in [-0.3, -0.25) is 0 Å². The van der Waals surface area contributed by atoms with E-state index in [0.717, 1.165) is 23.0 Å². The van der Waals surface area contributed by atoms with Crippen LogP contribution in [0.3, 0.4) is 0 Å². The van der Waals surface area contributed by atoms with Gasteiger partial charge in [0.15, 0.2) is 0 Å². The Hall–Kier alpha value is -0.740. The van der Waals surface area contributed by atoms with Crippen molar-refractivity contribution in [2.24, 2.45) is 0 Å². The molecule has 1 saturated heterocycles. The van der Waals surface area contributed by atoms with Gasteiger partial charge in [0, 0.05) is 18.0 Å². The van der Waals surface area contributed by atoms with Crippen molar-refractivity contribution < 1.29 is 0 Å². The Morgan fingerprint density at radius 3 is 3.29 bits per heavy atom.